The smallest absolute Gasteiger partial charge is 0.407 e. The number of nitrogens with one attached hydrogen (secondary N) is 1. The summed E-state index contributed by atoms with van der Waals surface area (Å²) in [6.07, 6.45) is 8.76. The van der Waals surface area contributed by atoms with Gasteiger partial charge < -0.3 is 10.1 Å². The van der Waals surface area contributed by atoms with Gasteiger partial charge in [-0.25, -0.2) is 4.79 Å². The first kappa shape index (κ1) is 21.3. The molecule has 1 fully saturated rings. The van der Waals surface area contributed by atoms with E-state index in [2.05, 4.69) is 33.0 Å². The Labute approximate surface area is 138 Å². The van der Waals surface area contributed by atoms with Crippen LogP contribution in [0.1, 0.15) is 93.4 Å². The Balaban J connectivity index is 0.000000472. The van der Waals surface area contributed by atoms with Gasteiger partial charge in [0.2, 0.25) is 0 Å². The van der Waals surface area contributed by atoms with Crippen molar-refractivity contribution in [1.29, 1.82) is 0 Å². The van der Waals surface area contributed by atoms with Crippen molar-refractivity contribution in [1.82, 2.24) is 5.32 Å². The van der Waals surface area contributed by atoms with Gasteiger partial charge in [0, 0.05) is 6.04 Å². The molecule has 0 spiro atoms. The predicted octanol–water partition coefficient (Wildman–Crippen LogP) is 5.92. The van der Waals surface area contributed by atoms with Crippen LogP contribution < -0.4 is 5.32 Å². The SMILES string of the molecule is CC1CCCC1NC(=O)OC(C)(C)C.CCCCC(C)CC. The van der Waals surface area contributed by atoms with Gasteiger partial charge in [0.15, 0.2) is 0 Å². The zero-order valence-electron chi connectivity index (χ0n) is 16.0. The molecule has 0 radical (unpaired) electrons. The van der Waals surface area contributed by atoms with E-state index in [-0.39, 0.29) is 6.09 Å². The highest BCUT2D eigenvalue weighted by atomic mass is 16.6. The number of unbranched alkanes of at least 4 members (excludes halogenated alkanes) is 1. The van der Waals surface area contributed by atoms with Crippen LogP contribution in [0.25, 0.3) is 0 Å². The van der Waals surface area contributed by atoms with Crippen LogP contribution in [-0.2, 0) is 4.74 Å². The molecule has 132 valence electrons. The molecule has 0 aromatic carbocycles. The summed E-state index contributed by atoms with van der Waals surface area (Å²) < 4.78 is 5.20. The maximum Gasteiger partial charge on any atom is 0.407 e. The number of hydrogen-bond donors (Lipinski definition) is 1. The van der Waals surface area contributed by atoms with E-state index >= 15 is 0 Å². The molecule has 3 atom stereocenters. The van der Waals surface area contributed by atoms with Gasteiger partial charge >= 0.3 is 6.09 Å². The maximum atomic E-state index is 11.4. The van der Waals surface area contributed by atoms with Crippen LogP contribution >= 0.6 is 0 Å². The fourth-order valence-corrected chi connectivity index (χ4v) is 2.58. The van der Waals surface area contributed by atoms with Crippen molar-refractivity contribution in [2.75, 3.05) is 0 Å². The van der Waals surface area contributed by atoms with Gasteiger partial charge in [-0.2, -0.15) is 0 Å². The van der Waals surface area contributed by atoms with Gasteiger partial charge in [-0.15, -0.1) is 0 Å². The van der Waals surface area contributed by atoms with Gasteiger partial charge in [0.1, 0.15) is 5.60 Å². The quantitative estimate of drug-likeness (QED) is 0.684. The number of rotatable bonds is 5. The summed E-state index contributed by atoms with van der Waals surface area (Å²) in [4.78, 5) is 11.4. The second-order valence-electron chi connectivity index (χ2n) is 7.82. The molecule has 0 aromatic heterocycles. The first-order valence-corrected chi connectivity index (χ1v) is 9.19. The summed E-state index contributed by atoms with van der Waals surface area (Å²) in [7, 11) is 0. The van der Waals surface area contributed by atoms with Crippen molar-refractivity contribution < 1.29 is 9.53 Å². The summed E-state index contributed by atoms with van der Waals surface area (Å²) in [5, 5.41) is 2.92. The highest BCUT2D eigenvalue weighted by Gasteiger charge is 2.26. The highest BCUT2D eigenvalue weighted by molar-refractivity contribution is 5.68. The van der Waals surface area contributed by atoms with Crippen LogP contribution in [0.3, 0.4) is 0 Å². The molecule has 1 aliphatic rings. The fourth-order valence-electron chi connectivity index (χ4n) is 2.58. The molecule has 22 heavy (non-hydrogen) atoms. The van der Waals surface area contributed by atoms with Crippen LogP contribution in [0, 0.1) is 11.8 Å². The molecule has 1 aliphatic carbocycles. The van der Waals surface area contributed by atoms with Gasteiger partial charge in [0.05, 0.1) is 0 Å². The van der Waals surface area contributed by atoms with E-state index in [0.717, 1.165) is 12.3 Å². The average molecular weight is 314 g/mol. The van der Waals surface area contributed by atoms with Crippen LogP contribution in [0.15, 0.2) is 0 Å². The summed E-state index contributed by atoms with van der Waals surface area (Å²) >= 11 is 0. The van der Waals surface area contributed by atoms with Gasteiger partial charge in [-0.05, 0) is 45.4 Å². The van der Waals surface area contributed by atoms with Gasteiger partial charge in [-0.3, -0.25) is 0 Å². The maximum absolute atomic E-state index is 11.4. The lowest BCUT2D eigenvalue weighted by Crippen LogP contribution is -2.40. The minimum absolute atomic E-state index is 0.281. The molecular formula is C19H39NO2. The molecule has 0 aliphatic heterocycles. The van der Waals surface area contributed by atoms with Crippen molar-refractivity contribution in [3.8, 4) is 0 Å². The average Bonchev–Trinajstić information content (AvgIpc) is 2.80. The largest absolute Gasteiger partial charge is 0.444 e. The number of ether oxygens (including phenoxy) is 1. The fraction of sp³-hybridized carbons (Fsp3) is 0.947. The molecule has 0 saturated heterocycles. The lowest BCUT2D eigenvalue weighted by atomic mass is 10.0. The summed E-state index contributed by atoms with van der Waals surface area (Å²) in [6, 6.07) is 0.310. The Bertz CT molecular complexity index is 296. The van der Waals surface area contributed by atoms with Crippen molar-refractivity contribution in [3.63, 3.8) is 0 Å². The van der Waals surface area contributed by atoms with Gasteiger partial charge in [0.25, 0.3) is 0 Å². The lowest BCUT2D eigenvalue weighted by molar-refractivity contribution is 0.0495. The first-order valence-electron chi connectivity index (χ1n) is 9.19. The van der Waals surface area contributed by atoms with E-state index in [1.54, 1.807) is 0 Å². The van der Waals surface area contributed by atoms with Crippen LogP contribution in [0.2, 0.25) is 0 Å². The zero-order valence-corrected chi connectivity index (χ0v) is 16.0. The van der Waals surface area contributed by atoms with Crippen LogP contribution in [0.4, 0.5) is 4.79 Å². The predicted molar refractivity (Wildman–Crippen MR) is 95.2 cm³/mol. The van der Waals surface area contributed by atoms with E-state index in [0.29, 0.717) is 12.0 Å². The molecule has 0 bridgehead atoms. The summed E-state index contributed by atoms with van der Waals surface area (Å²) in [6.45, 7) is 14.7. The molecule has 3 unspecified atom stereocenters. The number of carbonyl (C=O) groups is 1. The van der Waals surface area contributed by atoms with E-state index < -0.39 is 5.60 Å². The minimum atomic E-state index is -0.397. The topological polar surface area (TPSA) is 38.3 Å². The third-order valence-electron chi connectivity index (χ3n) is 4.31. The van der Waals surface area contributed by atoms with Crippen molar-refractivity contribution in [3.05, 3.63) is 0 Å². The monoisotopic (exact) mass is 313 g/mol. The number of hydrogen-bond acceptors (Lipinski definition) is 2. The van der Waals surface area contributed by atoms with Gasteiger partial charge in [-0.1, -0.05) is 59.8 Å². The minimum Gasteiger partial charge on any atom is -0.444 e. The molecule has 3 nitrogen and oxygen atoms in total. The van der Waals surface area contributed by atoms with E-state index in [1.807, 2.05) is 20.8 Å². The molecule has 3 heteroatoms. The lowest BCUT2D eigenvalue weighted by Gasteiger charge is -2.23. The standard InChI is InChI=1S/C11H21NO2.C8H18/c1-8-6-5-7-9(8)12-10(13)14-11(2,3)4;1-4-6-7-8(3)5-2/h8-9H,5-7H2,1-4H3,(H,12,13);8H,4-7H2,1-3H3. The first-order chi connectivity index (χ1) is 10.2. The van der Waals surface area contributed by atoms with Crippen LogP contribution in [0.5, 0.6) is 0 Å². The third kappa shape index (κ3) is 10.9. The van der Waals surface area contributed by atoms with Crippen molar-refractivity contribution >= 4 is 6.09 Å². The molecular weight excluding hydrogens is 274 g/mol. The van der Waals surface area contributed by atoms with E-state index in [1.165, 1.54) is 38.5 Å². The van der Waals surface area contributed by atoms with E-state index in [4.69, 9.17) is 4.74 Å². The highest BCUT2D eigenvalue weighted by Crippen LogP contribution is 2.25. The second kappa shape index (κ2) is 10.9. The second-order valence-corrected chi connectivity index (χ2v) is 7.82. The summed E-state index contributed by atoms with van der Waals surface area (Å²) in [5.74, 6) is 1.54. The Morgan fingerprint density at radius 3 is 2.32 bits per heavy atom. The van der Waals surface area contributed by atoms with Crippen LogP contribution in [-0.4, -0.2) is 17.7 Å². The number of carbonyl (C=O) groups excluding carboxylic acids is 1. The molecule has 0 heterocycles. The van der Waals surface area contributed by atoms with E-state index in [9.17, 15) is 4.79 Å². The molecule has 0 aromatic rings. The molecule has 1 amide bonds. The Morgan fingerprint density at radius 2 is 1.91 bits per heavy atom. The Hall–Kier alpha value is -0.730. The third-order valence-corrected chi connectivity index (χ3v) is 4.31. The number of alkyl carbamates (subject to hydrolysis) is 1. The van der Waals surface area contributed by atoms with Crippen molar-refractivity contribution in [2.45, 2.75) is 105 Å². The molecule has 1 saturated carbocycles. The molecule has 1 N–H and O–H groups in total. The zero-order chi connectivity index (χ0) is 17.2. The normalized spacial score (nSPS) is 22.5. The van der Waals surface area contributed by atoms with Crippen molar-refractivity contribution in [2.24, 2.45) is 11.8 Å². The Kier molecular flexibility index (Phi) is 10.5. The molecule has 1 rings (SSSR count). The summed E-state index contributed by atoms with van der Waals surface area (Å²) in [5.41, 5.74) is -0.397. The number of amides is 1. The Morgan fingerprint density at radius 1 is 1.27 bits per heavy atom.